The molecule has 0 amide bonds. The minimum Gasteiger partial charge on any atom is -0.462 e. The molecular weight excluding hydrogens is 1090 g/mol. The van der Waals surface area contributed by atoms with E-state index < -0.39 is 97.5 Å². The Balaban J connectivity index is 5.25. The van der Waals surface area contributed by atoms with Gasteiger partial charge in [-0.25, -0.2) is 9.13 Å². The van der Waals surface area contributed by atoms with Crippen molar-refractivity contribution in [1.29, 1.82) is 0 Å². The van der Waals surface area contributed by atoms with E-state index in [-0.39, 0.29) is 25.7 Å². The van der Waals surface area contributed by atoms with Gasteiger partial charge in [-0.1, -0.05) is 254 Å². The zero-order valence-corrected chi connectivity index (χ0v) is 54.7. The average molecular weight is 1210 g/mol. The zero-order chi connectivity index (χ0) is 61.0. The predicted octanol–water partition coefficient (Wildman–Crippen LogP) is 17.1. The molecule has 0 radical (unpaired) electrons. The number of carbonyl (C=O) groups excluding carboxylic acids is 4. The summed E-state index contributed by atoms with van der Waals surface area (Å²) >= 11 is 0. The van der Waals surface area contributed by atoms with E-state index >= 15 is 0 Å². The van der Waals surface area contributed by atoms with E-state index in [1.807, 2.05) is 0 Å². The fraction of sp³-hybridized carbons (Fsp3) is 0.937. The van der Waals surface area contributed by atoms with E-state index in [0.29, 0.717) is 37.5 Å². The number of hydrogen-bond donors (Lipinski definition) is 3. The highest BCUT2D eigenvalue weighted by Crippen LogP contribution is 2.45. The molecule has 486 valence electrons. The highest BCUT2D eigenvalue weighted by atomic mass is 31.2. The van der Waals surface area contributed by atoms with Crippen molar-refractivity contribution in [2.24, 2.45) is 17.8 Å². The van der Waals surface area contributed by atoms with E-state index in [2.05, 4.69) is 48.5 Å². The Hall–Kier alpha value is -1.94. The number of phosphoric acid groups is 2. The number of phosphoric ester groups is 2. The minimum absolute atomic E-state index is 0.102. The Morgan fingerprint density at radius 3 is 0.829 bits per heavy atom. The molecule has 0 aromatic carbocycles. The van der Waals surface area contributed by atoms with Gasteiger partial charge in [-0.05, 0) is 43.4 Å². The Morgan fingerprint density at radius 2 is 0.561 bits per heavy atom. The van der Waals surface area contributed by atoms with Gasteiger partial charge in [0, 0.05) is 25.7 Å². The van der Waals surface area contributed by atoms with E-state index in [0.717, 1.165) is 102 Å². The summed E-state index contributed by atoms with van der Waals surface area (Å²) in [5, 5.41) is 10.5. The molecular formula is C63H122O17P2. The van der Waals surface area contributed by atoms with Crippen LogP contribution in [0.5, 0.6) is 0 Å². The summed E-state index contributed by atoms with van der Waals surface area (Å²) in [6, 6.07) is 0. The summed E-state index contributed by atoms with van der Waals surface area (Å²) in [5.41, 5.74) is 0. The van der Waals surface area contributed by atoms with Crippen LogP contribution in [0.3, 0.4) is 0 Å². The largest absolute Gasteiger partial charge is 0.472 e. The molecule has 0 rings (SSSR count). The van der Waals surface area contributed by atoms with Crippen molar-refractivity contribution in [3.8, 4) is 0 Å². The van der Waals surface area contributed by atoms with Gasteiger partial charge in [0.05, 0.1) is 26.4 Å². The van der Waals surface area contributed by atoms with Crippen molar-refractivity contribution in [2.45, 2.75) is 324 Å². The van der Waals surface area contributed by atoms with Gasteiger partial charge in [-0.3, -0.25) is 37.3 Å². The molecule has 5 atom stereocenters. The second-order valence-electron chi connectivity index (χ2n) is 24.2. The summed E-state index contributed by atoms with van der Waals surface area (Å²) in [4.78, 5) is 72.1. The number of carbonyl (C=O) groups is 4. The van der Waals surface area contributed by atoms with Gasteiger partial charge in [0.25, 0.3) is 0 Å². The second kappa shape index (κ2) is 54.5. The van der Waals surface area contributed by atoms with Crippen LogP contribution in [0.2, 0.25) is 0 Å². The number of aliphatic hydroxyl groups is 1. The molecule has 17 nitrogen and oxygen atoms in total. The lowest BCUT2D eigenvalue weighted by atomic mass is 10.0. The third-order valence-electron chi connectivity index (χ3n) is 14.4. The lowest BCUT2D eigenvalue weighted by molar-refractivity contribution is -0.161. The van der Waals surface area contributed by atoms with Crippen molar-refractivity contribution in [1.82, 2.24) is 0 Å². The highest BCUT2D eigenvalue weighted by Gasteiger charge is 2.30. The summed E-state index contributed by atoms with van der Waals surface area (Å²) in [6.07, 6.45) is 35.1. The first kappa shape index (κ1) is 80.1. The maximum Gasteiger partial charge on any atom is 0.472 e. The van der Waals surface area contributed by atoms with Gasteiger partial charge >= 0.3 is 39.5 Å². The van der Waals surface area contributed by atoms with Gasteiger partial charge in [0.2, 0.25) is 0 Å². The van der Waals surface area contributed by atoms with Crippen LogP contribution in [0.15, 0.2) is 0 Å². The summed E-state index contributed by atoms with van der Waals surface area (Å²) in [5.74, 6) is -0.0385. The van der Waals surface area contributed by atoms with Gasteiger partial charge in [0.15, 0.2) is 12.2 Å². The fourth-order valence-electron chi connectivity index (χ4n) is 9.30. The van der Waals surface area contributed by atoms with Crippen LogP contribution < -0.4 is 0 Å². The van der Waals surface area contributed by atoms with Crippen LogP contribution in [0, 0.1) is 17.8 Å². The smallest absolute Gasteiger partial charge is 0.462 e. The van der Waals surface area contributed by atoms with Crippen LogP contribution in [-0.2, 0) is 65.4 Å². The van der Waals surface area contributed by atoms with E-state index in [1.165, 1.54) is 109 Å². The van der Waals surface area contributed by atoms with Gasteiger partial charge < -0.3 is 33.8 Å². The third-order valence-corrected chi connectivity index (χ3v) is 16.3. The fourth-order valence-corrected chi connectivity index (χ4v) is 10.9. The SMILES string of the molecule is CCCCCCCCCCCCCCC(=O)O[C@H](COC(=O)CCCCCCCCCCC(C)C)COP(=O)(O)OC[C@@H](O)COP(=O)(O)OC[C@@H](COC(=O)CCCCCCCCC(C)C)OC(=O)CCCCCCCCCC(C)C. The monoisotopic (exact) mass is 1210 g/mol. The molecule has 0 bridgehead atoms. The first-order valence-corrected chi connectivity index (χ1v) is 35.8. The maximum absolute atomic E-state index is 13.0. The number of esters is 4. The molecule has 0 saturated carbocycles. The molecule has 0 aliphatic heterocycles. The van der Waals surface area contributed by atoms with Crippen molar-refractivity contribution in [3.05, 3.63) is 0 Å². The molecule has 0 aromatic rings. The van der Waals surface area contributed by atoms with Gasteiger partial charge in [0.1, 0.15) is 19.3 Å². The Morgan fingerprint density at radius 1 is 0.329 bits per heavy atom. The summed E-state index contributed by atoms with van der Waals surface area (Å²) < 4.78 is 67.9. The second-order valence-corrected chi connectivity index (χ2v) is 27.1. The third kappa shape index (κ3) is 57.2. The van der Waals surface area contributed by atoms with Crippen molar-refractivity contribution in [2.75, 3.05) is 39.6 Å². The summed E-state index contributed by atoms with van der Waals surface area (Å²) in [6.45, 7) is 11.6. The molecule has 82 heavy (non-hydrogen) atoms. The molecule has 2 unspecified atom stereocenters. The topological polar surface area (TPSA) is 237 Å². The standard InChI is InChI=1S/C63H122O17P2/c1-8-9-10-11-12-13-14-15-16-23-32-39-46-62(67)79-58(50-73-60(65)44-37-30-22-18-17-20-27-34-41-54(2)3)52-77-81(69,70)75-48-57(64)49-76-82(71,72)78-53-59(51-74-61(66)45-38-31-26-25-29-36-43-56(6)7)80-63(68)47-40-33-24-19-21-28-35-42-55(4)5/h54-59,64H,8-53H2,1-7H3,(H,69,70)(H,71,72)/t57-,58-,59-/m1/s1. The normalized spacial score (nSPS) is 14.4. The van der Waals surface area contributed by atoms with E-state index in [9.17, 15) is 43.2 Å². The van der Waals surface area contributed by atoms with Crippen molar-refractivity contribution >= 4 is 39.5 Å². The molecule has 0 aromatic heterocycles. The van der Waals surface area contributed by atoms with Gasteiger partial charge in [-0.2, -0.15) is 0 Å². The molecule has 3 N–H and O–H groups in total. The number of rotatable bonds is 61. The first-order valence-electron chi connectivity index (χ1n) is 32.8. The number of aliphatic hydroxyl groups excluding tert-OH is 1. The van der Waals surface area contributed by atoms with Gasteiger partial charge in [-0.15, -0.1) is 0 Å². The minimum atomic E-state index is -4.94. The zero-order valence-electron chi connectivity index (χ0n) is 52.9. The number of hydrogen-bond acceptors (Lipinski definition) is 15. The lowest BCUT2D eigenvalue weighted by Crippen LogP contribution is -2.30. The molecule has 0 aliphatic rings. The molecule has 0 fully saturated rings. The van der Waals surface area contributed by atoms with Crippen molar-refractivity contribution in [3.63, 3.8) is 0 Å². The van der Waals surface area contributed by atoms with E-state index in [4.69, 9.17) is 37.0 Å². The van der Waals surface area contributed by atoms with Crippen LogP contribution in [0.25, 0.3) is 0 Å². The average Bonchev–Trinajstić information content (AvgIpc) is 3.42. The molecule has 0 aliphatic carbocycles. The summed E-state index contributed by atoms with van der Waals surface area (Å²) in [7, 11) is -9.88. The van der Waals surface area contributed by atoms with Crippen LogP contribution in [0.4, 0.5) is 0 Å². The lowest BCUT2D eigenvalue weighted by Gasteiger charge is -2.21. The molecule has 0 spiro atoms. The quantitative estimate of drug-likeness (QED) is 0.0222. The van der Waals surface area contributed by atoms with E-state index in [1.54, 1.807) is 0 Å². The maximum atomic E-state index is 13.0. The molecule has 0 heterocycles. The Bertz CT molecular complexity index is 1630. The highest BCUT2D eigenvalue weighted by molar-refractivity contribution is 7.47. The molecule has 0 saturated heterocycles. The van der Waals surface area contributed by atoms with Crippen molar-refractivity contribution < 1.29 is 80.2 Å². The molecule has 19 heteroatoms. The van der Waals surface area contributed by atoms with Crippen LogP contribution >= 0.6 is 15.6 Å². The number of ether oxygens (including phenoxy) is 4. The Labute approximate surface area is 498 Å². The number of unbranched alkanes of at least 4 members (excludes halogenated alkanes) is 29. The predicted molar refractivity (Wildman–Crippen MR) is 326 cm³/mol. The Kier molecular flexibility index (Phi) is 53.2. The first-order chi connectivity index (χ1) is 39.2. The van der Waals surface area contributed by atoms with Crippen LogP contribution in [0.1, 0.15) is 305 Å². The van der Waals surface area contributed by atoms with Crippen LogP contribution in [-0.4, -0.2) is 96.7 Å².